The van der Waals surface area contributed by atoms with E-state index in [1.165, 1.54) is 13.2 Å². The number of aromatic hydroxyl groups is 1. The third-order valence-electron chi connectivity index (χ3n) is 3.01. The quantitative estimate of drug-likeness (QED) is 0.793. The van der Waals surface area contributed by atoms with Crippen molar-refractivity contribution in [1.29, 1.82) is 0 Å². The summed E-state index contributed by atoms with van der Waals surface area (Å²) >= 11 is 0. The summed E-state index contributed by atoms with van der Waals surface area (Å²) in [5.41, 5.74) is 0.794. The van der Waals surface area contributed by atoms with Crippen molar-refractivity contribution in [1.82, 2.24) is 0 Å². The van der Waals surface area contributed by atoms with Crippen LogP contribution in [-0.4, -0.2) is 24.9 Å². The van der Waals surface area contributed by atoms with E-state index in [9.17, 15) is 10.0 Å². The summed E-state index contributed by atoms with van der Waals surface area (Å²) in [6.07, 6.45) is 3.39. The number of ether oxygens (including phenoxy) is 2. The highest BCUT2D eigenvalue weighted by atomic mass is 16.5. The number of rotatable bonds is 7. The van der Waals surface area contributed by atoms with Gasteiger partial charge in [0.05, 0.1) is 7.11 Å². The van der Waals surface area contributed by atoms with Gasteiger partial charge in [-0.15, -0.1) is 0 Å². The Morgan fingerprint density at radius 1 is 1.23 bits per heavy atom. The van der Waals surface area contributed by atoms with Gasteiger partial charge in [0.15, 0.2) is 11.5 Å². The molecule has 1 unspecified atom stereocenters. The Bertz CT molecular complexity index is 640. The van der Waals surface area contributed by atoms with Gasteiger partial charge in [-0.2, -0.15) is 4.91 Å². The molecular formula is C17H17NO4. The molecule has 0 spiro atoms. The van der Waals surface area contributed by atoms with Gasteiger partial charge >= 0.3 is 0 Å². The third kappa shape index (κ3) is 4.34. The van der Waals surface area contributed by atoms with Gasteiger partial charge in [-0.25, -0.2) is 0 Å². The zero-order valence-electron chi connectivity index (χ0n) is 12.2. The highest BCUT2D eigenvalue weighted by Gasteiger charge is 2.06. The number of phenols is 1. The SMILES string of the molecule is COc1cc(C=CC(COc2ccccc2)N=O)ccc1O. The summed E-state index contributed by atoms with van der Waals surface area (Å²) in [7, 11) is 1.48. The van der Waals surface area contributed by atoms with Crippen LogP contribution in [0.5, 0.6) is 17.2 Å². The van der Waals surface area contributed by atoms with Crippen molar-refractivity contribution < 1.29 is 14.6 Å². The molecule has 2 aromatic carbocycles. The maximum Gasteiger partial charge on any atom is 0.161 e. The Morgan fingerprint density at radius 3 is 2.68 bits per heavy atom. The van der Waals surface area contributed by atoms with Crippen LogP contribution < -0.4 is 9.47 Å². The van der Waals surface area contributed by atoms with E-state index in [1.807, 2.05) is 30.3 Å². The Morgan fingerprint density at radius 2 is 2.00 bits per heavy atom. The number of hydrogen-bond acceptors (Lipinski definition) is 5. The number of nitroso groups, excluding NO2 is 1. The number of phenolic OH excluding ortho intramolecular Hbond substituents is 1. The molecule has 114 valence electrons. The van der Waals surface area contributed by atoms with E-state index < -0.39 is 6.04 Å². The van der Waals surface area contributed by atoms with Gasteiger partial charge < -0.3 is 14.6 Å². The van der Waals surface area contributed by atoms with Crippen molar-refractivity contribution >= 4 is 6.08 Å². The summed E-state index contributed by atoms with van der Waals surface area (Å²) in [5.74, 6) is 1.13. The molecule has 0 amide bonds. The predicted molar refractivity (Wildman–Crippen MR) is 85.2 cm³/mol. The van der Waals surface area contributed by atoms with E-state index in [4.69, 9.17) is 9.47 Å². The van der Waals surface area contributed by atoms with Gasteiger partial charge in [0.2, 0.25) is 0 Å². The maximum atomic E-state index is 10.9. The van der Waals surface area contributed by atoms with Crippen LogP contribution in [0.2, 0.25) is 0 Å². The molecule has 0 bridgehead atoms. The molecule has 22 heavy (non-hydrogen) atoms. The van der Waals surface area contributed by atoms with Crippen LogP contribution in [0.1, 0.15) is 5.56 Å². The molecule has 5 nitrogen and oxygen atoms in total. The molecule has 2 rings (SSSR count). The van der Waals surface area contributed by atoms with Gasteiger partial charge in [-0.05, 0) is 29.8 Å². The molecule has 0 heterocycles. The molecule has 0 aliphatic heterocycles. The van der Waals surface area contributed by atoms with Crippen LogP contribution in [0.4, 0.5) is 0 Å². The molecular weight excluding hydrogens is 282 g/mol. The van der Waals surface area contributed by atoms with Gasteiger partial charge in [0.1, 0.15) is 18.4 Å². The molecule has 1 atom stereocenters. The van der Waals surface area contributed by atoms with E-state index in [0.29, 0.717) is 11.5 Å². The highest BCUT2D eigenvalue weighted by molar-refractivity contribution is 5.56. The van der Waals surface area contributed by atoms with Crippen LogP contribution in [-0.2, 0) is 0 Å². The van der Waals surface area contributed by atoms with Crippen molar-refractivity contribution in [2.45, 2.75) is 6.04 Å². The first kappa shape index (κ1) is 15.6. The fourth-order valence-corrected chi connectivity index (χ4v) is 1.84. The molecule has 0 aliphatic rings. The first-order valence-electron chi connectivity index (χ1n) is 6.78. The van der Waals surface area contributed by atoms with Gasteiger partial charge in [-0.3, -0.25) is 0 Å². The molecule has 0 aliphatic carbocycles. The lowest BCUT2D eigenvalue weighted by Crippen LogP contribution is -2.12. The standard InChI is InChI=1S/C17H17NO4/c1-21-17-11-13(8-10-16(17)19)7-9-14(18-20)12-22-15-5-3-2-4-6-15/h2-11,14,19H,12H2,1H3. The summed E-state index contributed by atoms with van der Waals surface area (Å²) in [4.78, 5) is 10.9. The van der Waals surface area contributed by atoms with Gasteiger partial charge in [-0.1, -0.05) is 41.6 Å². The fraction of sp³-hybridized carbons (Fsp3) is 0.176. The number of para-hydroxylation sites is 1. The van der Waals surface area contributed by atoms with Crippen molar-refractivity contribution in [3.05, 3.63) is 65.1 Å². The largest absolute Gasteiger partial charge is 0.504 e. The Hall–Kier alpha value is -2.82. The minimum absolute atomic E-state index is 0.0668. The van der Waals surface area contributed by atoms with Crippen LogP contribution in [0.25, 0.3) is 6.08 Å². The molecule has 1 N–H and O–H groups in total. The summed E-state index contributed by atoms with van der Waals surface area (Å²) in [5, 5.41) is 12.6. The average molecular weight is 299 g/mol. The maximum absolute atomic E-state index is 10.9. The second-order valence-electron chi connectivity index (χ2n) is 4.59. The number of nitrogens with zero attached hydrogens (tertiary/aromatic N) is 1. The summed E-state index contributed by atoms with van der Waals surface area (Å²) < 4.78 is 10.5. The second kappa shape index (κ2) is 7.83. The molecule has 0 fully saturated rings. The predicted octanol–water partition coefficient (Wildman–Crippen LogP) is 3.63. The first-order valence-corrected chi connectivity index (χ1v) is 6.78. The second-order valence-corrected chi connectivity index (χ2v) is 4.59. The lowest BCUT2D eigenvalue weighted by Gasteiger charge is -2.08. The molecule has 0 radical (unpaired) electrons. The number of hydrogen-bond donors (Lipinski definition) is 1. The van der Waals surface area contributed by atoms with E-state index in [2.05, 4.69) is 5.18 Å². The van der Waals surface area contributed by atoms with Crippen molar-refractivity contribution in [2.75, 3.05) is 13.7 Å². The normalized spacial score (nSPS) is 12.0. The Balaban J connectivity index is 1.98. The fourth-order valence-electron chi connectivity index (χ4n) is 1.84. The topological polar surface area (TPSA) is 68.1 Å². The van der Waals surface area contributed by atoms with Crippen LogP contribution in [0.15, 0.2) is 59.8 Å². The average Bonchev–Trinajstić information content (AvgIpc) is 2.57. The van der Waals surface area contributed by atoms with Crippen LogP contribution in [0, 0.1) is 4.91 Å². The first-order chi connectivity index (χ1) is 10.7. The van der Waals surface area contributed by atoms with E-state index in [0.717, 1.165) is 5.56 Å². The summed E-state index contributed by atoms with van der Waals surface area (Å²) in [6.45, 7) is 0.166. The molecule has 5 heteroatoms. The zero-order chi connectivity index (χ0) is 15.8. The zero-order valence-corrected chi connectivity index (χ0v) is 12.2. The highest BCUT2D eigenvalue weighted by Crippen LogP contribution is 2.26. The lowest BCUT2D eigenvalue weighted by molar-refractivity contribution is 0.307. The van der Waals surface area contributed by atoms with E-state index in [1.54, 1.807) is 24.3 Å². The van der Waals surface area contributed by atoms with Crippen molar-refractivity contribution in [3.63, 3.8) is 0 Å². The lowest BCUT2D eigenvalue weighted by atomic mass is 10.1. The van der Waals surface area contributed by atoms with Gasteiger partial charge in [0, 0.05) is 0 Å². The number of methoxy groups -OCH3 is 1. The van der Waals surface area contributed by atoms with Crippen LogP contribution in [0.3, 0.4) is 0 Å². The van der Waals surface area contributed by atoms with Crippen molar-refractivity contribution in [3.8, 4) is 17.2 Å². The molecule has 0 aromatic heterocycles. The van der Waals surface area contributed by atoms with Gasteiger partial charge in [0.25, 0.3) is 0 Å². The minimum atomic E-state index is -0.597. The monoisotopic (exact) mass is 299 g/mol. The van der Waals surface area contributed by atoms with E-state index in [-0.39, 0.29) is 12.4 Å². The molecule has 2 aromatic rings. The molecule has 0 saturated heterocycles. The Kier molecular flexibility index (Phi) is 5.54. The third-order valence-corrected chi connectivity index (χ3v) is 3.01. The smallest absolute Gasteiger partial charge is 0.161 e. The Labute approximate surface area is 128 Å². The summed E-state index contributed by atoms with van der Waals surface area (Å²) in [6, 6.07) is 13.6. The van der Waals surface area contributed by atoms with E-state index >= 15 is 0 Å². The minimum Gasteiger partial charge on any atom is -0.504 e. The van der Waals surface area contributed by atoms with Crippen molar-refractivity contribution in [2.24, 2.45) is 5.18 Å². The van der Waals surface area contributed by atoms with Crippen LogP contribution >= 0.6 is 0 Å². The molecule has 0 saturated carbocycles. The number of benzene rings is 2.